The number of aliphatic hydroxyl groups excluding tert-OH is 2. The minimum atomic E-state index is -0.404. The summed E-state index contributed by atoms with van der Waals surface area (Å²) < 4.78 is 0. The summed E-state index contributed by atoms with van der Waals surface area (Å²) in [5.41, 5.74) is 3.04. The molecule has 0 saturated carbocycles. The lowest BCUT2D eigenvalue weighted by Gasteiger charge is -2.36. The first kappa shape index (κ1) is 13.4. The van der Waals surface area contributed by atoms with E-state index in [4.69, 9.17) is 0 Å². The summed E-state index contributed by atoms with van der Waals surface area (Å²) in [6, 6.07) is 3.78. The summed E-state index contributed by atoms with van der Waals surface area (Å²) in [6.07, 6.45) is 0.277. The van der Waals surface area contributed by atoms with Crippen molar-refractivity contribution in [2.24, 2.45) is 5.92 Å². The van der Waals surface area contributed by atoms with E-state index in [1.165, 1.54) is 5.56 Å². The van der Waals surface area contributed by atoms with Crippen LogP contribution in [-0.2, 0) is 0 Å². The van der Waals surface area contributed by atoms with E-state index in [0.29, 0.717) is 6.42 Å². The number of aromatic hydroxyl groups is 1. The topological polar surface area (TPSA) is 60.7 Å². The molecule has 0 heterocycles. The van der Waals surface area contributed by atoms with Gasteiger partial charge >= 0.3 is 0 Å². The van der Waals surface area contributed by atoms with Gasteiger partial charge in [-0.1, -0.05) is 19.9 Å². The summed E-state index contributed by atoms with van der Waals surface area (Å²) in [5, 5.41) is 29.3. The van der Waals surface area contributed by atoms with Crippen LogP contribution in [0.4, 0.5) is 0 Å². The smallest absolute Gasteiger partial charge is 0.118 e. The molecule has 0 amide bonds. The zero-order valence-corrected chi connectivity index (χ0v) is 11.2. The highest BCUT2D eigenvalue weighted by Gasteiger charge is 2.34. The Hall–Kier alpha value is -1.06. The standard InChI is InChI=1S/C15H22O3/c1-8-4-13-11(9(2)7-16)5-15(18)10(3)12(13)6-14(8)17/h4,6,9-11,15-18H,5,7H2,1-3H3/t9-,10+,11+,15+/m0/s1. The number of phenols is 1. The van der Waals surface area contributed by atoms with Crippen LogP contribution in [-0.4, -0.2) is 28.0 Å². The van der Waals surface area contributed by atoms with Crippen molar-refractivity contribution in [1.82, 2.24) is 0 Å². The SMILES string of the molecule is Cc1cc2c(cc1O)[C@@H](C)[C@H](O)C[C@@H]2[C@@H](C)CO. The lowest BCUT2D eigenvalue weighted by molar-refractivity contribution is 0.100. The van der Waals surface area contributed by atoms with Crippen LogP contribution in [0.5, 0.6) is 5.75 Å². The number of rotatable bonds is 2. The summed E-state index contributed by atoms with van der Waals surface area (Å²) in [7, 11) is 0. The van der Waals surface area contributed by atoms with Gasteiger partial charge in [-0.3, -0.25) is 0 Å². The lowest BCUT2D eigenvalue weighted by atomic mass is 9.71. The quantitative estimate of drug-likeness (QED) is 0.754. The molecule has 1 aromatic rings. The maximum absolute atomic E-state index is 10.1. The molecule has 1 aromatic carbocycles. The molecule has 2 rings (SSSR count). The molecule has 1 aliphatic carbocycles. The van der Waals surface area contributed by atoms with E-state index in [-0.39, 0.29) is 30.1 Å². The number of hydrogen-bond acceptors (Lipinski definition) is 3. The van der Waals surface area contributed by atoms with E-state index in [0.717, 1.165) is 11.1 Å². The largest absolute Gasteiger partial charge is 0.508 e. The average Bonchev–Trinajstić information content (AvgIpc) is 2.35. The molecular weight excluding hydrogens is 228 g/mol. The summed E-state index contributed by atoms with van der Waals surface area (Å²) >= 11 is 0. The van der Waals surface area contributed by atoms with Gasteiger partial charge in [0.25, 0.3) is 0 Å². The predicted molar refractivity (Wildman–Crippen MR) is 70.9 cm³/mol. The zero-order chi connectivity index (χ0) is 13.4. The Morgan fingerprint density at radius 2 is 2.00 bits per heavy atom. The Labute approximate surface area is 108 Å². The molecule has 3 nitrogen and oxygen atoms in total. The molecule has 3 N–H and O–H groups in total. The van der Waals surface area contributed by atoms with Crippen molar-refractivity contribution in [3.63, 3.8) is 0 Å². The second-order valence-electron chi connectivity index (χ2n) is 5.63. The normalized spacial score (nSPS) is 28.8. The van der Waals surface area contributed by atoms with Crippen LogP contribution < -0.4 is 0 Å². The van der Waals surface area contributed by atoms with E-state index in [2.05, 4.69) is 0 Å². The van der Waals surface area contributed by atoms with E-state index in [1.54, 1.807) is 6.07 Å². The Morgan fingerprint density at radius 1 is 1.33 bits per heavy atom. The number of phenolic OH excluding ortho intramolecular Hbond substituents is 1. The first-order valence-corrected chi connectivity index (χ1v) is 6.58. The molecule has 0 bridgehead atoms. The highest BCUT2D eigenvalue weighted by Crippen LogP contribution is 2.44. The maximum Gasteiger partial charge on any atom is 0.118 e. The van der Waals surface area contributed by atoms with Crippen LogP contribution in [0.2, 0.25) is 0 Å². The third-order valence-electron chi connectivity index (χ3n) is 4.34. The van der Waals surface area contributed by atoms with E-state index < -0.39 is 6.10 Å². The fourth-order valence-corrected chi connectivity index (χ4v) is 2.92. The van der Waals surface area contributed by atoms with E-state index in [9.17, 15) is 15.3 Å². The Morgan fingerprint density at radius 3 is 2.61 bits per heavy atom. The minimum absolute atomic E-state index is 0.0358. The van der Waals surface area contributed by atoms with Gasteiger partial charge in [-0.2, -0.15) is 0 Å². The molecular formula is C15H22O3. The highest BCUT2D eigenvalue weighted by atomic mass is 16.3. The second kappa shape index (κ2) is 4.90. The first-order valence-electron chi connectivity index (χ1n) is 6.58. The van der Waals surface area contributed by atoms with Gasteiger partial charge < -0.3 is 15.3 Å². The number of benzene rings is 1. The molecule has 1 aliphatic rings. The van der Waals surface area contributed by atoms with Crippen LogP contribution >= 0.6 is 0 Å². The summed E-state index contributed by atoms with van der Waals surface area (Å²) in [5.74, 6) is 0.601. The van der Waals surface area contributed by atoms with Crippen molar-refractivity contribution in [2.75, 3.05) is 6.61 Å². The van der Waals surface area contributed by atoms with Crippen molar-refractivity contribution in [2.45, 2.75) is 45.1 Å². The Kier molecular flexibility index (Phi) is 3.64. The molecule has 0 aromatic heterocycles. The van der Waals surface area contributed by atoms with Crippen molar-refractivity contribution < 1.29 is 15.3 Å². The van der Waals surface area contributed by atoms with Gasteiger partial charge in [0.1, 0.15) is 5.75 Å². The fourth-order valence-electron chi connectivity index (χ4n) is 2.92. The maximum atomic E-state index is 10.1. The van der Waals surface area contributed by atoms with Crippen LogP contribution in [0.3, 0.4) is 0 Å². The first-order chi connectivity index (χ1) is 8.45. The van der Waals surface area contributed by atoms with Crippen molar-refractivity contribution >= 4 is 0 Å². The van der Waals surface area contributed by atoms with Gasteiger partial charge in [-0.25, -0.2) is 0 Å². The fraction of sp³-hybridized carbons (Fsp3) is 0.600. The zero-order valence-electron chi connectivity index (χ0n) is 11.2. The molecule has 0 saturated heterocycles. The molecule has 0 aliphatic heterocycles. The average molecular weight is 250 g/mol. The lowest BCUT2D eigenvalue weighted by Crippen LogP contribution is -2.30. The third-order valence-corrected chi connectivity index (χ3v) is 4.34. The molecule has 0 spiro atoms. The van der Waals surface area contributed by atoms with Crippen molar-refractivity contribution in [3.8, 4) is 5.75 Å². The number of fused-ring (bicyclic) bond motifs is 1. The highest BCUT2D eigenvalue weighted by molar-refractivity contribution is 5.46. The number of aliphatic hydroxyl groups is 2. The van der Waals surface area contributed by atoms with Gasteiger partial charge in [0, 0.05) is 12.5 Å². The monoisotopic (exact) mass is 250 g/mol. The summed E-state index contributed by atoms with van der Waals surface area (Å²) in [4.78, 5) is 0. The van der Waals surface area contributed by atoms with Gasteiger partial charge in [-0.05, 0) is 47.9 Å². The van der Waals surface area contributed by atoms with E-state index >= 15 is 0 Å². The van der Waals surface area contributed by atoms with Gasteiger partial charge in [0.15, 0.2) is 0 Å². The molecule has 4 atom stereocenters. The van der Waals surface area contributed by atoms with Crippen LogP contribution in [0.15, 0.2) is 12.1 Å². The molecule has 0 unspecified atom stereocenters. The van der Waals surface area contributed by atoms with Crippen LogP contribution in [0, 0.1) is 12.8 Å². The van der Waals surface area contributed by atoms with Crippen LogP contribution in [0.1, 0.15) is 48.8 Å². The number of hydrogen-bond donors (Lipinski definition) is 3. The van der Waals surface area contributed by atoms with Gasteiger partial charge in [0.2, 0.25) is 0 Å². The van der Waals surface area contributed by atoms with E-state index in [1.807, 2.05) is 26.8 Å². The molecule has 18 heavy (non-hydrogen) atoms. The van der Waals surface area contributed by atoms with Gasteiger partial charge in [0.05, 0.1) is 6.10 Å². The predicted octanol–water partition coefficient (Wildman–Crippen LogP) is 2.28. The van der Waals surface area contributed by atoms with Crippen LogP contribution in [0.25, 0.3) is 0 Å². The molecule has 3 heteroatoms. The molecule has 0 fully saturated rings. The molecule has 100 valence electrons. The van der Waals surface area contributed by atoms with Crippen molar-refractivity contribution in [1.29, 1.82) is 0 Å². The minimum Gasteiger partial charge on any atom is -0.508 e. The summed E-state index contributed by atoms with van der Waals surface area (Å²) in [6.45, 7) is 5.98. The number of aryl methyl sites for hydroxylation is 1. The van der Waals surface area contributed by atoms with Crippen molar-refractivity contribution in [3.05, 3.63) is 28.8 Å². The molecule has 0 radical (unpaired) electrons. The Bertz CT molecular complexity index is 442. The van der Waals surface area contributed by atoms with Gasteiger partial charge in [-0.15, -0.1) is 0 Å². The Balaban J connectivity index is 2.52. The third kappa shape index (κ3) is 2.13. The second-order valence-corrected chi connectivity index (χ2v) is 5.63.